The normalized spacial score (nSPS) is 11.0. The molecule has 0 saturated heterocycles. The number of carbonyl (C=O) groups is 1. The van der Waals surface area contributed by atoms with Crippen molar-refractivity contribution in [2.24, 2.45) is 0 Å². The minimum Gasteiger partial charge on any atom is -0.403 e. The number of nitrogens with zero attached hydrogens (tertiary/aromatic N) is 2. The number of nitrogens with one attached hydrogen (secondary N) is 1. The molecule has 0 radical (unpaired) electrons. The second-order valence-corrected chi connectivity index (χ2v) is 8.09. The van der Waals surface area contributed by atoms with Crippen molar-refractivity contribution in [1.29, 1.82) is 0 Å². The van der Waals surface area contributed by atoms with Crippen molar-refractivity contribution in [3.63, 3.8) is 0 Å². The number of rotatable bonds is 5. The lowest BCUT2D eigenvalue weighted by molar-refractivity contribution is 0.102. The lowest BCUT2D eigenvalue weighted by Gasteiger charge is -2.05. The van der Waals surface area contributed by atoms with E-state index in [1.165, 1.54) is 0 Å². The number of thioether (sulfide) groups is 1. The Hall–Kier alpha value is -2.60. The van der Waals surface area contributed by atoms with Gasteiger partial charge in [0.05, 0.1) is 0 Å². The van der Waals surface area contributed by atoms with Gasteiger partial charge in [0.25, 0.3) is 5.91 Å². The molecule has 0 aliphatic rings. The van der Waals surface area contributed by atoms with Crippen molar-refractivity contribution in [2.45, 2.75) is 37.8 Å². The highest BCUT2D eigenvalue weighted by Gasteiger charge is 2.14. The molecule has 0 saturated carbocycles. The van der Waals surface area contributed by atoms with Gasteiger partial charge in [-0.3, -0.25) is 10.1 Å². The third-order valence-electron chi connectivity index (χ3n) is 3.58. The van der Waals surface area contributed by atoms with E-state index in [4.69, 9.17) is 4.42 Å². The summed E-state index contributed by atoms with van der Waals surface area (Å²) < 4.78 is 5.62. The van der Waals surface area contributed by atoms with E-state index in [-0.39, 0.29) is 11.9 Å². The number of aryl methyl sites for hydroxylation is 2. The van der Waals surface area contributed by atoms with Gasteiger partial charge in [-0.15, -0.1) is 16.9 Å². The molecule has 3 aromatic rings. The smallest absolute Gasteiger partial charge is 0.322 e. The number of anilines is 1. The van der Waals surface area contributed by atoms with Crippen LogP contribution in [0.15, 0.2) is 51.8 Å². The molecule has 1 N–H and O–H groups in total. The summed E-state index contributed by atoms with van der Waals surface area (Å²) in [4.78, 5) is 13.5. The first-order chi connectivity index (χ1) is 12.4. The minimum absolute atomic E-state index is 0.0890. The van der Waals surface area contributed by atoms with Crippen LogP contribution < -0.4 is 5.32 Å². The SMILES string of the molecule is Cc1cc(C)cc(C(=O)Nc2nnc(-c3cccc(SC(C)C)c3)o2)c1. The zero-order valence-electron chi connectivity index (χ0n) is 15.2. The summed E-state index contributed by atoms with van der Waals surface area (Å²) in [6.45, 7) is 8.20. The first kappa shape index (κ1) is 18.2. The standard InChI is InChI=1S/C20H21N3O2S/c1-12(2)26-17-7-5-6-15(11-17)19-22-23-20(25-19)21-18(24)16-9-13(3)8-14(4)10-16/h5-12H,1-4H3,(H,21,23,24). The highest BCUT2D eigenvalue weighted by Crippen LogP contribution is 2.28. The van der Waals surface area contributed by atoms with Crippen molar-refractivity contribution < 1.29 is 9.21 Å². The van der Waals surface area contributed by atoms with E-state index in [1.54, 1.807) is 11.8 Å². The van der Waals surface area contributed by atoms with Crippen LogP contribution in [0.1, 0.15) is 35.3 Å². The summed E-state index contributed by atoms with van der Waals surface area (Å²) in [5.74, 6) is 0.114. The Morgan fingerprint density at radius 2 is 1.81 bits per heavy atom. The largest absolute Gasteiger partial charge is 0.403 e. The molecule has 0 fully saturated rings. The van der Waals surface area contributed by atoms with E-state index in [0.29, 0.717) is 16.7 Å². The molecule has 0 aliphatic heterocycles. The summed E-state index contributed by atoms with van der Waals surface area (Å²) in [7, 11) is 0. The molecule has 5 nitrogen and oxygen atoms in total. The molecule has 0 spiro atoms. The Balaban J connectivity index is 1.76. The van der Waals surface area contributed by atoms with E-state index in [1.807, 2.05) is 56.3 Å². The monoisotopic (exact) mass is 367 g/mol. The molecule has 0 atom stereocenters. The van der Waals surface area contributed by atoms with Crippen LogP contribution in [0.4, 0.5) is 6.01 Å². The quantitative estimate of drug-likeness (QED) is 0.635. The van der Waals surface area contributed by atoms with Crippen LogP contribution in [-0.4, -0.2) is 21.4 Å². The number of carbonyl (C=O) groups excluding carboxylic acids is 1. The fraction of sp³-hybridized carbons (Fsp3) is 0.250. The minimum atomic E-state index is -0.267. The van der Waals surface area contributed by atoms with Gasteiger partial charge in [0, 0.05) is 21.3 Å². The maximum Gasteiger partial charge on any atom is 0.322 e. The third kappa shape index (κ3) is 4.52. The summed E-state index contributed by atoms with van der Waals surface area (Å²) in [6.07, 6.45) is 0. The molecule has 1 heterocycles. The molecule has 0 aliphatic carbocycles. The molecule has 0 bridgehead atoms. The van der Waals surface area contributed by atoms with E-state index in [2.05, 4.69) is 29.4 Å². The predicted octanol–water partition coefficient (Wildman–Crippen LogP) is 5.11. The number of aromatic nitrogens is 2. The molecule has 1 amide bonds. The molecule has 1 aromatic heterocycles. The van der Waals surface area contributed by atoms with Crippen LogP contribution >= 0.6 is 11.8 Å². The summed E-state index contributed by atoms with van der Waals surface area (Å²) in [5, 5.41) is 11.1. The summed E-state index contributed by atoms with van der Waals surface area (Å²) >= 11 is 1.77. The van der Waals surface area contributed by atoms with Gasteiger partial charge in [-0.1, -0.05) is 42.2 Å². The molecule has 2 aromatic carbocycles. The van der Waals surface area contributed by atoms with Crippen LogP contribution in [0.2, 0.25) is 0 Å². The second-order valence-electron chi connectivity index (χ2n) is 6.44. The Morgan fingerprint density at radius 3 is 2.50 bits per heavy atom. The Kier molecular flexibility index (Phi) is 5.42. The topological polar surface area (TPSA) is 68.0 Å². The van der Waals surface area contributed by atoms with Crippen molar-refractivity contribution >= 4 is 23.7 Å². The first-order valence-electron chi connectivity index (χ1n) is 8.41. The van der Waals surface area contributed by atoms with Crippen LogP contribution in [0.3, 0.4) is 0 Å². The Labute approximate surface area is 157 Å². The summed E-state index contributed by atoms with van der Waals surface area (Å²) in [6, 6.07) is 13.7. The van der Waals surface area contributed by atoms with Crippen molar-refractivity contribution in [1.82, 2.24) is 10.2 Å². The maximum atomic E-state index is 12.4. The van der Waals surface area contributed by atoms with E-state index in [0.717, 1.165) is 21.6 Å². The predicted molar refractivity (Wildman–Crippen MR) is 105 cm³/mol. The average Bonchev–Trinajstić information content (AvgIpc) is 3.02. The lowest BCUT2D eigenvalue weighted by Crippen LogP contribution is -2.12. The van der Waals surface area contributed by atoms with E-state index >= 15 is 0 Å². The Bertz CT molecular complexity index is 914. The van der Waals surface area contributed by atoms with Gasteiger partial charge in [-0.2, -0.15) is 0 Å². The van der Waals surface area contributed by atoms with Gasteiger partial charge in [-0.05, 0) is 44.2 Å². The zero-order chi connectivity index (χ0) is 18.7. The van der Waals surface area contributed by atoms with Crippen molar-refractivity contribution in [2.75, 3.05) is 5.32 Å². The van der Waals surface area contributed by atoms with Crippen molar-refractivity contribution in [3.05, 3.63) is 59.2 Å². The van der Waals surface area contributed by atoms with Gasteiger partial charge in [0.15, 0.2) is 0 Å². The number of benzene rings is 2. The first-order valence-corrected chi connectivity index (χ1v) is 9.29. The van der Waals surface area contributed by atoms with Gasteiger partial charge in [0.2, 0.25) is 5.89 Å². The fourth-order valence-corrected chi connectivity index (χ4v) is 3.54. The fourth-order valence-electron chi connectivity index (χ4n) is 2.64. The highest BCUT2D eigenvalue weighted by molar-refractivity contribution is 7.99. The molecule has 3 rings (SSSR count). The second kappa shape index (κ2) is 7.74. The molecule has 6 heteroatoms. The van der Waals surface area contributed by atoms with E-state index < -0.39 is 0 Å². The van der Waals surface area contributed by atoms with Crippen LogP contribution in [0, 0.1) is 13.8 Å². The van der Waals surface area contributed by atoms with Gasteiger partial charge in [-0.25, -0.2) is 0 Å². The molecule has 134 valence electrons. The maximum absolute atomic E-state index is 12.4. The number of hydrogen-bond donors (Lipinski definition) is 1. The third-order valence-corrected chi connectivity index (χ3v) is 4.58. The zero-order valence-corrected chi connectivity index (χ0v) is 16.1. The molecular weight excluding hydrogens is 346 g/mol. The number of hydrogen-bond acceptors (Lipinski definition) is 5. The van der Waals surface area contributed by atoms with E-state index in [9.17, 15) is 4.79 Å². The van der Waals surface area contributed by atoms with Crippen LogP contribution in [0.25, 0.3) is 11.5 Å². The molecule has 0 unspecified atom stereocenters. The molecule has 26 heavy (non-hydrogen) atoms. The lowest BCUT2D eigenvalue weighted by atomic mass is 10.1. The summed E-state index contributed by atoms with van der Waals surface area (Å²) in [5.41, 5.74) is 3.45. The highest BCUT2D eigenvalue weighted by atomic mass is 32.2. The van der Waals surface area contributed by atoms with Crippen LogP contribution in [0.5, 0.6) is 0 Å². The molecular formula is C20H21N3O2S. The van der Waals surface area contributed by atoms with Gasteiger partial charge < -0.3 is 4.42 Å². The Morgan fingerprint density at radius 1 is 1.08 bits per heavy atom. The van der Waals surface area contributed by atoms with Gasteiger partial charge >= 0.3 is 6.01 Å². The number of amides is 1. The van der Waals surface area contributed by atoms with Crippen LogP contribution in [-0.2, 0) is 0 Å². The van der Waals surface area contributed by atoms with Crippen molar-refractivity contribution in [3.8, 4) is 11.5 Å². The van der Waals surface area contributed by atoms with Gasteiger partial charge in [0.1, 0.15) is 0 Å². The average molecular weight is 367 g/mol.